The molecule has 1 N–H and O–H groups in total. The quantitative estimate of drug-likeness (QED) is 0.814. The number of nitrogens with one attached hydrogen (secondary N) is 1. The van der Waals surface area contributed by atoms with Gasteiger partial charge in [0.1, 0.15) is 0 Å². The zero-order chi connectivity index (χ0) is 15.3. The molecule has 2 aromatic rings. The largest absolute Gasteiger partial charge is 0.310 e. The number of rotatable bonds is 5. The summed E-state index contributed by atoms with van der Waals surface area (Å²) in [4.78, 5) is 0. The van der Waals surface area contributed by atoms with Crippen LogP contribution in [0.15, 0.2) is 60.7 Å². The van der Waals surface area contributed by atoms with Crippen LogP contribution in [-0.4, -0.2) is 11.6 Å². The molecule has 0 bridgehead atoms. The van der Waals surface area contributed by atoms with Gasteiger partial charge in [-0.05, 0) is 45.2 Å². The molecule has 21 heavy (non-hydrogen) atoms. The average Bonchev–Trinajstić information content (AvgIpc) is 2.45. The van der Waals surface area contributed by atoms with Gasteiger partial charge in [-0.3, -0.25) is 0 Å². The lowest BCUT2D eigenvalue weighted by molar-refractivity contribution is 0.353. The number of benzene rings is 2. The summed E-state index contributed by atoms with van der Waals surface area (Å²) in [6, 6.07) is 22.1. The SMILES string of the molecule is C[C@@H](CC(c1ccccc1)c1ccccc1)NC(C)(C)C. The fourth-order valence-corrected chi connectivity index (χ4v) is 2.99. The van der Waals surface area contributed by atoms with Gasteiger partial charge in [-0.25, -0.2) is 0 Å². The minimum atomic E-state index is 0.150. The van der Waals surface area contributed by atoms with Crippen LogP contribution in [0, 0.1) is 0 Å². The van der Waals surface area contributed by atoms with Gasteiger partial charge >= 0.3 is 0 Å². The van der Waals surface area contributed by atoms with Gasteiger partial charge in [0, 0.05) is 17.5 Å². The molecule has 2 aromatic carbocycles. The van der Waals surface area contributed by atoms with E-state index in [2.05, 4.69) is 93.7 Å². The Morgan fingerprint density at radius 2 is 1.24 bits per heavy atom. The molecule has 0 saturated heterocycles. The normalized spacial score (nSPS) is 13.4. The van der Waals surface area contributed by atoms with E-state index in [1.807, 2.05) is 0 Å². The third-order valence-corrected chi connectivity index (χ3v) is 3.67. The van der Waals surface area contributed by atoms with Crippen LogP contribution in [0.4, 0.5) is 0 Å². The summed E-state index contributed by atoms with van der Waals surface area (Å²) in [6.45, 7) is 8.96. The molecular formula is C20H27N. The molecule has 0 aliphatic heterocycles. The fourth-order valence-electron chi connectivity index (χ4n) is 2.99. The summed E-state index contributed by atoms with van der Waals surface area (Å²) in [6.07, 6.45) is 1.10. The van der Waals surface area contributed by atoms with Crippen LogP contribution in [0.3, 0.4) is 0 Å². The van der Waals surface area contributed by atoms with E-state index in [0.717, 1.165) is 6.42 Å². The Morgan fingerprint density at radius 3 is 1.62 bits per heavy atom. The van der Waals surface area contributed by atoms with E-state index in [4.69, 9.17) is 0 Å². The van der Waals surface area contributed by atoms with Crippen molar-refractivity contribution in [3.63, 3.8) is 0 Å². The smallest absolute Gasteiger partial charge is 0.0104 e. The summed E-state index contributed by atoms with van der Waals surface area (Å²) in [5.74, 6) is 0.442. The lowest BCUT2D eigenvalue weighted by Gasteiger charge is -2.29. The molecule has 0 radical (unpaired) electrons. The molecular weight excluding hydrogens is 254 g/mol. The molecule has 0 aliphatic rings. The second kappa shape index (κ2) is 6.91. The maximum atomic E-state index is 3.69. The van der Waals surface area contributed by atoms with Gasteiger partial charge in [0.05, 0.1) is 0 Å². The van der Waals surface area contributed by atoms with Crippen LogP contribution in [0.5, 0.6) is 0 Å². The minimum Gasteiger partial charge on any atom is -0.310 e. The summed E-state index contributed by atoms with van der Waals surface area (Å²) in [5, 5.41) is 3.69. The summed E-state index contributed by atoms with van der Waals surface area (Å²) >= 11 is 0. The molecule has 0 spiro atoms. The predicted molar refractivity (Wildman–Crippen MR) is 91.7 cm³/mol. The maximum absolute atomic E-state index is 3.69. The van der Waals surface area contributed by atoms with Crippen molar-refractivity contribution in [1.82, 2.24) is 5.32 Å². The van der Waals surface area contributed by atoms with E-state index in [1.165, 1.54) is 11.1 Å². The Morgan fingerprint density at radius 1 is 0.810 bits per heavy atom. The molecule has 1 nitrogen and oxygen atoms in total. The van der Waals surface area contributed by atoms with Crippen LogP contribution in [0.25, 0.3) is 0 Å². The highest BCUT2D eigenvalue weighted by molar-refractivity contribution is 5.32. The van der Waals surface area contributed by atoms with E-state index in [-0.39, 0.29) is 5.54 Å². The Balaban J connectivity index is 2.21. The molecule has 0 saturated carbocycles. The summed E-state index contributed by atoms with van der Waals surface area (Å²) in [5.41, 5.74) is 2.94. The first kappa shape index (κ1) is 15.8. The van der Waals surface area contributed by atoms with Gasteiger partial charge in [0.25, 0.3) is 0 Å². The third kappa shape index (κ3) is 5.02. The molecule has 0 amide bonds. The van der Waals surface area contributed by atoms with E-state index >= 15 is 0 Å². The van der Waals surface area contributed by atoms with Gasteiger partial charge in [-0.1, -0.05) is 60.7 Å². The number of hydrogen-bond donors (Lipinski definition) is 1. The van der Waals surface area contributed by atoms with E-state index < -0.39 is 0 Å². The Kier molecular flexibility index (Phi) is 5.19. The first-order chi connectivity index (χ1) is 9.96. The van der Waals surface area contributed by atoms with Crippen molar-refractivity contribution in [2.24, 2.45) is 0 Å². The molecule has 112 valence electrons. The molecule has 0 unspecified atom stereocenters. The maximum Gasteiger partial charge on any atom is 0.0104 e. The zero-order valence-corrected chi connectivity index (χ0v) is 13.6. The van der Waals surface area contributed by atoms with Gasteiger partial charge in [0.15, 0.2) is 0 Å². The standard InChI is InChI=1S/C20H27N/c1-16(21-20(2,3)4)15-19(17-11-7-5-8-12-17)18-13-9-6-10-14-18/h5-14,16,19,21H,15H2,1-4H3/t16-/m0/s1. The molecule has 0 aliphatic carbocycles. The van der Waals surface area contributed by atoms with Crippen LogP contribution in [0.2, 0.25) is 0 Å². The minimum absolute atomic E-state index is 0.150. The average molecular weight is 281 g/mol. The first-order valence-corrected chi connectivity index (χ1v) is 7.83. The first-order valence-electron chi connectivity index (χ1n) is 7.83. The van der Waals surface area contributed by atoms with Crippen molar-refractivity contribution in [1.29, 1.82) is 0 Å². The van der Waals surface area contributed by atoms with Crippen molar-refractivity contribution >= 4 is 0 Å². The van der Waals surface area contributed by atoms with Crippen molar-refractivity contribution in [2.45, 2.75) is 51.6 Å². The zero-order valence-electron chi connectivity index (χ0n) is 13.6. The second-order valence-electron chi connectivity index (χ2n) is 6.91. The molecule has 0 fully saturated rings. The number of hydrogen-bond acceptors (Lipinski definition) is 1. The molecule has 0 aromatic heterocycles. The Hall–Kier alpha value is -1.60. The van der Waals surface area contributed by atoms with Crippen LogP contribution >= 0.6 is 0 Å². The highest BCUT2D eigenvalue weighted by Gasteiger charge is 2.20. The molecule has 0 heterocycles. The van der Waals surface area contributed by atoms with Gasteiger partial charge in [-0.15, -0.1) is 0 Å². The molecule has 1 atom stereocenters. The van der Waals surface area contributed by atoms with Crippen molar-refractivity contribution < 1.29 is 0 Å². The fraction of sp³-hybridized carbons (Fsp3) is 0.400. The predicted octanol–water partition coefficient (Wildman–Crippen LogP) is 4.99. The monoisotopic (exact) mass is 281 g/mol. The Labute approximate surface area is 129 Å². The van der Waals surface area contributed by atoms with E-state index in [9.17, 15) is 0 Å². The Bertz CT molecular complexity index is 485. The van der Waals surface area contributed by atoms with Gasteiger partial charge in [-0.2, -0.15) is 0 Å². The van der Waals surface area contributed by atoms with E-state index in [1.54, 1.807) is 0 Å². The highest BCUT2D eigenvalue weighted by atomic mass is 15.0. The van der Waals surface area contributed by atoms with Crippen molar-refractivity contribution in [3.05, 3.63) is 71.8 Å². The lowest BCUT2D eigenvalue weighted by Crippen LogP contribution is -2.42. The highest BCUT2D eigenvalue weighted by Crippen LogP contribution is 2.29. The summed E-state index contributed by atoms with van der Waals surface area (Å²) in [7, 11) is 0. The molecule has 2 rings (SSSR count). The second-order valence-corrected chi connectivity index (χ2v) is 6.91. The van der Waals surface area contributed by atoms with Crippen LogP contribution in [-0.2, 0) is 0 Å². The van der Waals surface area contributed by atoms with E-state index in [0.29, 0.717) is 12.0 Å². The van der Waals surface area contributed by atoms with Gasteiger partial charge < -0.3 is 5.32 Å². The lowest BCUT2D eigenvalue weighted by atomic mass is 9.86. The topological polar surface area (TPSA) is 12.0 Å². The molecule has 1 heteroatoms. The summed E-state index contributed by atoms with van der Waals surface area (Å²) < 4.78 is 0. The van der Waals surface area contributed by atoms with Crippen molar-refractivity contribution in [2.75, 3.05) is 0 Å². The van der Waals surface area contributed by atoms with Crippen LogP contribution in [0.1, 0.15) is 51.2 Å². The van der Waals surface area contributed by atoms with Crippen molar-refractivity contribution in [3.8, 4) is 0 Å². The van der Waals surface area contributed by atoms with Crippen LogP contribution < -0.4 is 5.32 Å². The third-order valence-electron chi connectivity index (χ3n) is 3.67. The van der Waals surface area contributed by atoms with Gasteiger partial charge in [0.2, 0.25) is 0 Å².